The molecule has 2 heterocycles. The van der Waals surface area contributed by atoms with E-state index in [4.69, 9.17) is 0 Å². The van der Waals surface area contributed by atoms with Crippen molar-refractivity contribution < 1.29 is 8.42 Å². The molecule has 0 saturated heterocycles. The topological polar surface area (TPSA) is 81.8 Å². The van der Waals surface area contributed by atoms with Gasteiger partial charge in [0.2, 0.25) is 0 Å². The summed E-state index contributed by atoms with van der Waals surface area (Å²) >= 11 is 0. The summed E-state index contributed by atoms with van der Waals surface area (Å²) in [6.07, 6.45) is 6.42. The summed E-state index contributed by atoms with van der Waals surface area (Å²) in [5.74, 6) is 0. The third-order valence-electron chi connectivity index (χ3n) is 3.33. The first-order valence-corrected chi connectivity index (χ1v) is 8.67. The Bertz CT molecular complexity index is 884. The molecule has 0 fully saturated rings. The highest BCUT2D eigenvalue weighted by molar-refractivity contribution is 7.92. The van der Waals surface area contributed by atoms with E-state index in [-0.39, 0.29) is 4.90 Å². The van der Waals surface area contributed by atoms with Crippen molar-refractivity contribution in [3.05, 3.63) is 60.7 Å². The van der Waals surface area contributed by atoms with E-state index in [1.807, 2.05) is 31.3 Å². The van der Waals surface area contributed by atoms with Gasteiger partial charge < -0.3 is 0 Å². The molecule has 2 aromatic heterocycles. The Morgan fingerprint density at radius 2 is 2.04 bits per heavy atom. The first kappa shape index (κ1) is 15.3. The van der Waals surface area contributed by atoms with Crippen molar-refractivity contribution in [2.45, 2.75) is 24.9 Å². The summed E-state index contributed by atoms with van der Waals surface area (Å²) in [4.78, 5) is 0.150. The van der Waals surface area contributed by atoms with Gasteiger partial charge in [-0.15, -0.1) is 0 Å². The van der Waals surface area contributed by atoms with Crippen LogP contribution in [0.25, 0.3) is 0 Å². The van der Waals surface area contributed by atoms with Gasteiger partial charge in [0.05, 0.1) is 12.7 Å². The Balaban J connectivity index is 1.79. The van der Waals surface area contributed by atoms with E-state index >= 15 is 0 Å². The molecule has 3 rings (SSSR count). The number of rotatable bonds is 6. The zero-order chi connectivity index (χ0) is 16.3. The van der Waals surface area contributed by atoms with Crippen LogP contribution in [0.1, 0.15) is 12.5 Å². The monoisotopic (exact) mass is 331 g/mol. The molecule has 1 N–H and O–H groups in total. The van der Waals surface area contributed by atoms with Gasteiger partial charge in [0, 0.05) is 30.8 Å². The molecule has 0 amide bonds. The average molecular weight is 331 g/mol. The Morgan fingerprint density at radius 3 is 2.74 bits per heavy atom. The van der Waals surface area contributed by atoms with E-state index in [0.29, 0.717) is 18.8 Å². The molecule has 0 unspecified atom stereocenters. The van der Waals surface area contributed by atoms with Crippen LogP contribution in [-0.4, -0.2) is 28.0 Å². The summed E-state index contributed by atoms with van der Waals surface area (Å²) in [6.45, 7) is 3.10. The highest BCUT2D eigenvalue weighted by Crippen LogP contribution is 2.17. The normalized spacial score (nSPS) is 11.5. The lowest BCUT2D eigenvalue weighted by molar-refractivity contribution is 0.600. The molecule has 0 aliphatic rings. The zero-order valence-electron chi connectivity index (χ0n) is 12.6. The van der Waals surface area contributed by atoms with E-state index in [9.17, 15) is 8.42 Å². The van der Waals surface area contributed by atoms with Gasteiger partial charge in [0.25, 0.3) is 10.0 Å². The largest absolute Gasteiger partial charge is 0.280 e. The van der Waals surface area contributed by atoms with Gasteiger partial charge in [-0.3, -0.25) is 14.1 Å². The number of hydrogen-bond acceptors (Lipinski definition) is 4. The molecule has 0 atom stereocenters. The van der Waals surface area contributed by atoms with E-state index in [1.165, 1.54) is 12.4 Å². The smallest absolute Gasteiger partial charge is 0.265 e. The molecule has 1 aromatic carbocycles. The number of anilines is 1. The molecule has 0 radical (unpaired) electrons. The number of nitrogens with one attached hydrogen (secondary N) is 1. The summed E-state index contributed by atoms with van der Waals surface area (Å²) in [6, 6.07) is 9.09. The maximum atomic E-state index is 12.4. The Morgan fingerprint density at radius 1 is 1.17 bits per heavy atom. The number of aryl methyl sites for hydroxylation is 1. The highest BCUT2D eigenvalue weighted by Gasteiger charge is 2.16. The first-order valence-electron chi connectivity index (χ1n) is 7.18. The fourth-order valence-corrected chi connectivity index (χ4v) is 3.19. The van der Waals surface area contributed by atoms with Crippen LogP contribution in [0.5, 0.6) is 0 Å². The average Bonchev–Trinajstić information content (AvgIpc) is 3.18. The molecule has 0 aliphatic carbocycles. The van der Waals surface area contributed by atoms with Gasteiger partial charge in [-0.25, -0.2) is 8.42 Å². The Kier molecular flexibility index (Phi) is 4.16. The summed E-state index contributed by atoms with van der Waals surface area (Å²) in [5.41, 5.74) is 1.47. The van der Waals surface area contributed by atoms with Crippen LogP contribution < -0.4 is 4.72 Å². The molecule has 0 bridgehead atoms. The van der Waals surface area contributed by atoms with Gasteiger partial charge in [-0.2, -0.15) is 10.2 Å². The highest BCUT2D eigenvalue weighted by atomic mass is 32.2. The zero-order valence-corrected chi connectivity index (χ0v) is 13.4. The van der Waals surface area contributed by atoms with Crippen molar-refractivity contribution in [1.29, 1.82) is 0 Å². The van der Waals surface area contributed by atoms with Gasteiger partial charge in [-0.1, -0.05) is 12.1 Å². The quantitative estimate of drug-likeness (QED) is 0.748. The number of aromatic nitrogens is 4. The van der Waals surface area contributed by atoms with Gasteiger partial charge in [0.1, 0.15) is 4.90 Å². The molecule has 0 saturated carbocycles. The van der Waals surface area contributed by atoms with Crippen molar-refractivity contribution in [2.75, 3.05) is 4.72 Å². The molecular formula is C15H17N5O2S. The van der Waals surface area contributed by atoms with Gasteiger partial charge in [0.15, 0.2) is 0 Å². The van der Waals surface area contributed by atoms with E-state index < -0.39 is 10.0 Å². The lowest BCUT2D eigenvalue weighted by Crippen LogP contribution is -2.12. The Hall–Kier alpha value is -2.61. The fourth-order valence-electron chi connectivity index (χ4n) is 2.18. The Labute approximate surface area is 134 Å². The second-order valence-electron chi connectivity index (χ2n) is 5.04. The summed E-state index contributed by atoms with van der Waals surface area (Å²) in [5, 5.41) is 8.14. The minimum absolute atomic E-state index is 0.150. The van der Waals surface area contributed by atoms with Crippen LogP contribution in [0.2, 0.25) is 0 Å². The van der Waals surface area contributed by atoms with Crippen LogP contribution in [0.3, 0.4) is 0 Å². The first-order chi connectivity index (χ1) is 11.1. The predicted molar refractivity (Wildman–Crippen MR) is 86.5 cm³/mol. The van der Waals surface area contributed by atoms with Crippen molar-refractivity contribution in [2.24, 2.45) is 0 Å². The van der Waals surface area contributed by atoms with Crippen molar-refractivity contribution in [3.63, 3.8) is 0 Å². The number of nitrogens with zero attached hydrogens (tertiary/aromatic N) is 4. The third kappa shape index (κ3) is 3.59. The van der Waals surface area contributed by atoms with Crippen LogP contribution in [-0.2, 0) is 23.1 Å². The second kappa shape index (κ2) is 6.25. The minimum atomic E-state index is -3.64. The maximum Gasteiger partial charge on any atom is 0.265 e. The standard InChI is InChI=1S/C15H17N5O2S/c1-2-19-12-15(10-17-19)23(21,22)18-14-6-3-5-13(9-14)11-20-8-4-7-16-20/h3-10,12,18H,2,11H2,1H3. The maximum absolute atomic E-state index is 12.4. The third-order valence-corrected chi connectivity index (χ3v) is 4.66. The molecular weight excluding hydrogens is 314 g/mol. The molecule has 8 heteroatoms. The number of hydrogen-bond donors (Lipinski definition) is 1. The summed E-state index contributed by atoms with van der Waals surface area (Å²) < 4.78 is 30.7. The molecule has 7 nitrogen and oxygen atoms in total. The second-order valence-corrected chi connectivity index (χ2v) is 6.72. The van der Waals surface area contributed by atoms with Gasteiger partial charge >= 0.3 is 0 Å². The van der Waals surface area contributed by atoms with E-state index in [2.05, 4.69) is 14.9 Å². The lowest BCUT2D eigenvalue weighted by Gasteiger charge is -2.08. The van der Waals surface area contributed by atoms with E-state index in [1.54, 1.807) is 27.7 Å². The van der Waals surface area contributed by atoms with Crippen LogP contribution >= 0.6 is 0 Å². The molecule has 120 valence electrons. The summed E-state index contributed by atoms with van der Waals surface area (Å²) in [7, 11) is -3.64. The van der Waals surface area contributed by atoms with Crippen LogP contribution in [0, 0.1) is 0 Å². The molecule has 0 spiro atoms. The van der Waals surface area contributed by atoms with Crippen LogP contribution in [0.15, 0.2) is 60.0 Å². The number of sulfonamides is 1. The van der Waals surface area contributed by atoms with Crippen molar-refractivity contribution in [3.8, 4) is 0 Å². The fraction of sp³-hybridized carbons (Fsp3) is 0.200. The van der Waals surface area contributed by atoms with Crippen LogP contribution in [0.4, 0.5) is 5.69 Å². The molecule has 0 aliphatic heterocycles. The lowest BCUT2D eigenvalue weighted by atomic mass is 10.2. The molecule has 3 aromatic rings. The SMILES string of the molecule is CCn1cc(S(=O)(=O)Nc2cccc(Cn3cccn3)c2)cn1. The molecule has 23 heavy (non-hydrogen) atoms. The number of benzene rings is 1. The predicted octanol–water partition coefficient (Wildman–Crippen LogP) is 1.95. The minimum Gasteiger partial charge on any atom is -0.280 e. The van der Waals surface area contributed by atoms with Crippen molar-refractivity contribution >= 4 is 15.7 Å². The van der Waals surface area contributed by atoms with E-state index in [0.717, 1.165) is 5.56 Å². The van der Waals surface area contributed by atoms with Crippen molar-refractivity contribution in [1.82, 2.24) is 19.6 Å². The van der Waals surface area contributed by atoms with Gasteiger partial charge in [-0.05, 0) is 30.7 Å².